The van der Waals surface area contributed by atoms with Crippen LogP contribution < -0.4 is 10.5 Å². The fourth-order valence-electron chi connectivity index (χ4n) is 1.64. The van der Waals surface area contributed by atoms with Gasteiger partial charge in [0.05, 0.1) is 5.69 Å². The van der Waals surface area contributed by atoms with Gasteiger partial charge in [0, 0.05) is 10.2 Å². The maximum Gasteiger partial charge on any atom is 0.264 e. The van der Waals surface area contributed by atoms with Gasteiger partial charge >= 0.3 is 0 Å². The van der Waals surface area contributed by atoms with Crippen LogP contribution >= 0.6 is 15.9 Å². The number of para-hydroxylation sites is 1. The molecule has 0 spiro atoms. The van der Waals surface area contributed by atoms with Gasteiger partial charge in [0.2, 0.25) is 0 Å². The van der Waals surface area contributed by atoms with Crippen molar-refractivity contribution in [1.29, 1.82) is 0 Å². The molecule has 0 unspecified atom stereocenters. The molecule has 0 aliphatic heterocycles. The molecule has 0 aliphatic carbocycles. The first-order valence-corrected chi connectivity index (χ1v) is 7.92. The Hall–Kier alpha value is -1.60. The molecule has 0 atom stereocenters. The number of nitrogens with one attached hydrogen (secondary N) is 1. The summed E-state index contributed by atoms with van der Waals surface area (Å²) in [6.07, 6.45) is 0. The van der Waals surface area contributed by atoms with Gasteiger partial charge in [-0.05, 0) is 46.6 Å². The van der Waals surface area contributed by atoms with E-state index in [0.717, 1.165) is 17.7 Å². The fraction of sp³-hybridized carbons (Fsp3) is 0.0769. The number of aryl methyl sites for hydroxylation is 1. The highest BCUT2D eigenvalue weighted by atomic mass is 79.9. The van der Waals surface area contributed by atoms with E-state index in [0.29, 0.717) is 10.2 Å². The highest BCUT2D eigenvalue weighted by Gasteiger charge is 2.21. The normalized spacial score (nSPS) is 11.3. The number of halogens is 2. The van der Waals surface area contributed by atoms with E-state index in [4.69, 9.17) is 5.73 Å². The lowest BCUT2D eigenvalue weighted by Gasteiger charge is -2.12. The first-order chi connectivity index (χ1) is 9.31. The van der Waals surface area contributed by atoms with Crippen molar-refractivity contribution in [3.8, 4) is 0 Å². The van der Waals surface area contributed by atoms with E-state index in [1.54, 1.807) is 31.2 Å². The second-order valence-electron chi connectivity index (χ2n) is 4.22. The van der Waals surface area contributed by atoms with Gasteiger partial charge in [0.1, 0.15) is 10.7 Å². The molecule has 0 heterocycles. The van der Waals surface area contributed by atoms with Crippen LogP contribution in [0.5, 0.6) is 0 Å². The van der Waals surface area contributed by atoms with Crippen LogP contribution in [-0.4, -0.2) is 8.42 Å². The Morgan fingerprint density at radius 3 is 2.55 bits per heavy atom. The molecule has 2 rings (SSSR count). The summed E-state index contributed by atoms with van der Waals surface area (Å²) in [7, 11) is -4.03. The first kappa shape index (κ1) is 14.8. The molecule has 3 N–H and O–H groups in total. The first-order valence-electron chi connectivity index (χ1n) is 5.64. The van der Waals surface area contributed by atoms with Crippen LogP contribution in [0.4, 0.5) is 15.8 Å². The number of hydrogen-bond acceptors (Lipinski definition) is 3. The van der Waals surface area contributed by atoms with Gasteiger partial charge in [-0.25, -0.2) is 12.8 Å². The number of benzene rings is 2. The largest absolute Gasteiger partial charge is 0.398 e. The average molecular weight is 359 g/mol. The van der Waals surface area contributed by atoms with E-state index >= 15 is 0 Å². The summed E-state index contributed by atoms with van der Waals surface area (Å²) in [5.74, 6) is -0.868. The maximum absolute atomic E-state index is 13.8. The van der Waals surface area contributed by atoms with Crippen molar-refractivity contribution in [2.45, 2.75) is 11.8 Å². The van der Waals surface area contributed by atoms with E-state index in [1.165, 1.54) is 0 Å². The van der Waals surface area contributed by atoms with Crippen molar-refractivity contribution in [1.82, 2.24) is 0 Å². The Bertz CT molecular complexity index is 763. The van der Waals surface area contributed by atoms with Crippen LogP contribution in [-0.2, 0) is 10.0 Å². The lowest BCUT2D eigenvalue weighted by molar-refractivity contribution is 0.570. The molecular weight excluding hydrogens is 347 g/mol. The van der Waals surface area contributed by atoms with Crippen molar-refractivity contribution in [3.63, 3.8) is 0 Å². The molecule has 0 fully saturated rings. The van der Waals surface area contributed by atoms with E-state index in [2.05, 4.69) is 20.7 Å². The van der Waals surface area contributed by atoms with Crippen LogP contribution in [0.15, 0.2) is 45.8 Å². The molecule has 4 nitrogen and oxygen atoms in total. The summed E-state index contributed by atoms with van der Waals surface area (Å²) in [6, 6.07) is 8.95. The summed E-state index contributed by atoms with van der Waals surface area (Å²) < 4.78 is 40.9. The quantitative estimate of drug-likeness (QED) is 0.827. The van der Waals surface area contributed by atoms with Crippen molar-refractivity contribution in [3.05, 3.63) is 52.3 Å². The number of sulfonamides is 1. The minimum atomic E-state index is -4.03. The highest BCUT2D eigenvalue weighted by molar-refractivity contribution is 9.10. The second kappa shape index (κ2) is 5.41. The zero-order chi connectivity index (χ0) is 14.9. The van der Waals surface area contributed by atoms with E-state index in [1.807, 2.05) is 0 Å². The standard InChI is InChI=1S/C13H12BrFN2O2S/c1-8-4-2-3-5-12(8)17-20(18,19)13-7-11(16)9(14)6-10(13)15/h2-7,17H,16H2,1H3. The minimum Gasteiger partial charge on any atom is -0.398 e. The molecule has 2 aromatic rings. The van der Waals surface area contributed by atoms with Gasteiger partial charge in [-0.3, -0.25) is 4.72 Å². The SMILES string of the molecule is Cc1ccccc1NS(=O)(=O)c1cc(N)c(Br)cc1F. The third-order valence-corrected chi connectivity index (χ3v) is 4.80. The van der Waals surface area contributed by atoms with Crippen LogP contribution in [0.1, 0.15) is 5.56 Å². The Morgan fingerprint density at radius 2 is 1.90 bits per heavy atom. The van der Waals surface area contributed by atoms with Gasteiger partial charge < -0.3 is 5.73 Å². The summed E-state index contributed by atoms with van der Waals surface area (Å²) in [5.41, 5.74) is 6.89. The third-order valence-electron chi connectivity index (χ3n) is 2.73. The smallest absolute Gasteiger partial charge is 0.264 e. The molecule has 0 aliphatic rings. The maximum atomic E-state index is 13.8. The molecule has 0 aromatic heterocycles. The van der Waals surface area contributed by atoms with E-state index in [9.17, 15) is 12.8 Å². The number of nitrogens with two attached hydrogens (primary N) is 1. The molecule has 7 heteroatoms. The van der Waals surface area contributed by atoms with Gasteiger partial charge in [0.15, 0.2) is 0 Å². The Balaban J connectivity index is 2.47. The van der Waals surface area contributed by atoms with E-state index in [-0.39, 0.29) is 5.69 Å². The summed E-state index contributed by atoms with van der Waals surface area (Å²) in [5, 5.41) is 0. The van der Waals surface area contributed by atoms with Crippen molar-refractivity contribution < 1.29 is 12.8 Å². The van der Waals surface area contributed by atoms with Gasteiger partial charge in [-0.2, -0.15) is 0 Å². The van der Waals surface area contributed by atoms with Crippen LogP contribution in [0, 0.1) is 12.7 Å². The fourth-order valence-corrected chi connectivity index (χ4v) is 3.18. The van der Waals surface area contributed by atoms with Crippen LogP contribution in [0.25, 0.3) is 0 Å². The molecule has 106 valence electrons. The minimum absolute atomic E-state index is 0.150. The predicted octanol–water partition coefficient (Wildman–Crippen LogP) is 3.28. The Labute approximate surface area is 125 Å². The molecule has 0 amide bonds. The zero-order valence-electron chi connectivity index (χ0n) is 10.5. The summed E-state index contributed by atoms with van der Waals surface area (Å²) in [4.78, 5) is -0.485. The molecule has 0 radical (unpaired) electrons. The summed E-state index contributed by atoms with van der Waals surface area (Å²) in [6.45, 7) is 1.75. The molecule has 20 heavy (non-hydrogen) atoms. The number of hydrogen-bond donors (Lipinski definition) is 2. The lowest BCUT2D eigenvalue weighted by Crippen LogP contribution is -2.15. The van der Waals surface area contributed by atoms with Gasteiger partial charge in [0.25, 0.3) is 10.0 Å². The molecular formula is C13H12BrFN2O2S. The van der Waals surface area contributed by atoms with Crippen LogP contribution in [0.2, 0.25) is 0 Å². The average Bonchev–Trinajstić information content (AvgIpc) is 2.36. The third kappa shape index (κ3) is 2.94. The highest BCUT2D eigenvalue weighted by Crippen LogP contribution is 2.27. The Morgan fingerprint density at radius 1 is 1.25 bits per heavy atom. The van der Waals surface area contributed by atoms with Gasteiger partial charge in [-0.15, -0.1) is 0 Å². The monoisotopic (exact) mass is 358 g/mol. The predicted molar refractivity (Wildman–Crippen MR) is 80.5 cm³/mol. The van der Waals surface area contributed by atoms with Gasteiger partial charge in [-0.1, -0.05) is 18.2 Å². The van der Waals surface area contributed by atoms with Crippen molar-refractivity contribution >= 4 is 37.3 Å². The lowest BCUT2D eigenvalue weighted by atomic mass is 10.2. The number of nitrogen functional groups attached to an aromatic ring is 1. The topological polar surface area (TPSA) is 72.2 Å². The van der Waals surface area contributed by atoms with Crippen molar-refractivity contribution in [2.24, 2.45) is 0 Å². The number of anilines is 2. The Kier molecular flexibility index (Phi) is 4.01. The molecule has 0 saturated carbocycles. The second-order valence-corrected chi connectivity index (χ2v) is 6.73. The number of rotatable bonds is 3. The van der Waals surface area contributed by atoms with Crippen molar-refractivity contribution in [2.75, 3.05) is 10.5 Å². The summed E-state index contributed by atoms with van der Waals surface area (Å²) >= 11 is 3.05. The molecule has 2 aromatic carbocycles. The zero-order valence-corrected chi connectivity index (χ0v) is 12.9. The van der Waals surface area contributed by atoms with E-state index < -0.39 is 20.7 Å². The molecule has 0 saturated heterocycles. The van der Waals surface area contributed by atoms with Crippen LogP contribution in [0.3, 0.4) is 0 Å². The molecule has 0 bridgehead atoms.